The van der Waals surface area contributed by atoms with E-state index in [1.807, 2.05) is 31.2 Å². The average molecular weight is 360 g/mol. The number of hydrogen-bond acceptors (Lipinski definition) is 3. The van der Waals surface area contributed by atoms with Gasteiger partial charge in [-0.1, -0.05) is 43.1 Å². The van der Waals surface area contributed by atoms with Gasteiger partial charge in [0.05, 0.1) is 5.52 Å². The number of hydrogen-bond donors (Lipinski definition) is 1. The van der Waals surface area contributed by atoms with E-state index in [0.29, 0.717) is 28.1 Å². The van der Waals surface area contributed by atoms with Crippen LogP contribution in [0, 0.1) is 6.92 Å². The monoisotopic (exact) mass is 359 g/mol. The molecule has 1 aliphatic rings. The van der Waals surface area contributed by atoms with E-state index in [-0.39, 0.29) is 5.91 Å². The SMILES string of the molecule is CCCCN1C(=O)C(=Cc2cc3cccc(C)c3nc2Cl)NC1=S. The second-order valence-corrected chi connectivity index (χ2v) is 6.56. The largest absolute Gasteiger partial charge is 0.328 e. The van der Waals surface area contributed by atoms with Crippen LogP contribution >= 0.6 is 23.8 Å². The first-order chi connectivity index (χ1) is 11.5. The van der Waals surface area contributed by atoms with Crippen LogP contribution in [0.2, 0.25) is 5.15 Å². The lowest BCUT2D eigenvalue weighted by Crippen LogP contribution is -2.31. The zero-order valence-corrected chi connectivity index (χ0v) is 15.2. The van der Waals surface area contributed by atoms with Gasteiger partial charge in [-0.05, 0) is 43.3 Å². The number of aromatic nitrogens is 1. The Hall–Kier alpha value is -1.98. The second-order valence-electron chi connectivity index (χ2n) is 5.81. The molecule has 1 saturated heterocycles. The van der Waals surface area contributed by atoms with Crippen molar-refractivity contribution in [3.8, 4) is 0 Å². The maximum atomic E-state index is 12.5. The Kier molecular flexibility index (Phi) is 4.83. The topological polar surface area (TPSA) is 45.2 Å². The summed E-state index contributed by atoms with van der Waals surface area (Å²) < 4.78 is 0. The van der Waals surface area contributed by atoms with E-state index >= 15 is 0 Å². The van der Waals surface area contributed by atoms with E-state index in [1.54, 1.807) is 11.0 Å². The first-order valence-electron chi connectivity index (χ1n) is 7.91. The van der Waals surface area contributed by atoms with E-state index in [4.69, 9.17) is 23.8 Å². The molecule has 1 aromatic heterocycles. The van der Waals surface area contributed by atoms with Crippen LogP contribution in [0.1, 0.15) is 30.9 Å². The highest BCUT2D eigenvalue weighted by atomic mass is 35.5. The molecule has 1 aromatic carbocycles. The number of nitrogens with zero attached hydrogens (tertiary/aromatic N) is 2. The molecule has 4 nitrogen and oxygen atoms in total. The molecule has 1 amide bonds. The maximum absolute atomic E-state index is 12.5. The first-order valence-corrected chi connectivity index (χ1v) is 8.70. The highest BCUT2D eigenvalue weighted by molar-refractivity contribution is 7.80. The van der Waals surface area contributed by atoms with Gasteiger partial charge in [-0.15, -0.1) is 0 Å². The lowest BCUT2D eigenvalue weighted by atomic mass is 10.1. The molecule has 0 spiro atoms. The predicted octanol–water partition coefficient (Wildman–Crippen LogP) is 4.05. The summed E-state index contributed by atoms with van der Waals surface area (Å²) in [6, 6.07) is 7.90. The minimum atomic E-state index is -0.117. The van der Waals surface area contributed by atoms with E-state index in [0.717, 1.165) is 29.3 Å². The van der Waals surface area contributed by atoms with Gasteiger partial charge in [-0.3, -0.25) is 9.69 Å². The number of unbranched alkanes of at least 4 members (excludes halogenated alkanes) is 1. The third-order valence-electron chi connectivity index (χ3n) is 4.03. The number of halogens is 1. The smallest absolute Gasteiger partial charge is 0.276 e. The summed E-state index contributed by atoms with van der Waals surface area (Å²) in [5.41, 5.74) is 3.07. The minimum absolute atomic E-state index is 0.117. The Balaban J connectivity index is 1.97. The lowest BCUT2D eigenvalue weighted by Gasteiger charge is -2.12. The summed E-state index contributed by atoms with van der Waals surface area (Å²) in [4.78, 5) is 18.6. The van der Waals surface area contributed by atoms with Crippen LogP contribution in [0.4, 0.5) is 0 Å². The zero-order valence-electron chi connectivity index (χ0n) is 13.6. The van der Waals surface area contributed by atoms with Crippen molar-refractivity contribution < 1.29 is 4.79 Å². The fourth-order valence-corrected chi connectivity index (χ4v) is 3.17. The zero-order chi connectivity index (χ0) is 17.3. The molecule has 0 aliphatic carbocycles. The van der Waals surface area contributed by atoms with Gasteiger partial charge in [0.15, 0.2) is 5.11 Å². The Bertz CT molecular complexity index is 863. The number of aryl methyl sites for hydroxylation is 1. The van der Waals surface area contributed by atoms with Crippen LogP contribution in [0.15, 0.2) is 30.0 Å². The molecule has 24 heavy (non-hydrogen) atoms. The normalized spacial score (nSPS) is 16.3. The van der Waals surface area contributed by atoms with E-state index in [9.17, 15) is 4.79 Å². The van der Waals surface area contributed by atoms with Gasteiger partial charge in [0.25, 0.3) is 5.91 Å². The quantitative estimate of drug-likeness (QED) is 0.508. The van der Waals surface area contributed by atoms with Crippen molar-refractivity contribution in [1.29, 1.82) is 0 Å². The predicted molar refractivity (Wildman–Crippen MR) is 102 cm³/mol. The number of rotatable bonds is 4. The molecule has 0 radical (unpaired) electrons. The molecular formula is C18H18ClN3OS. The van der Waals surface area contributed by atoms with Crippen LogP contribution < -0.4 is 5.32 Å². The highest BCUT2D eigenvalue weighted by Crippen LogP contribution is 2.25. The van der Waals surface area contributed by atoms with Gasteiger partial charge in [-0.25, -0.2) is 4.98 Å². The number of benzene rings is 1. The average Bonchev–Trinajstić information content (AvgIpc) is 2.81. The second kappa shape index (κ2) is 6.87. The van der Waals surface area contributed by atoms with Crippen molar-refractivity contribution in [3.05, 3.63) is 46.2 Å². The third kappa shape index (κ3) is 3.14. The summed E-state index contributed by atoms with van der Waals surface area (Å²) in [5.74, 6) is -0.117. The van der Waals surface area contributed by atoms with Crippen LogP contribution in [0.5, 0.6) is 0 Å². The number of carbonyl (C=O) groups is 1. The number of nitrogens with one attached hydrogen (secondary N) is 1. The van der Waals surface area contributed by atoms with Gasteiger partial charge in [-0.2, -0.15) is 0 Å². The van der Waals surface area contributed by atoms with Crippen LogP contribution in [0.3, 0.4) is 0 Å². The molecule has 0 atom stereocenters. The van der Waals surface area contributed by atoms with Gasteiger partial charge >= 0.3 is 0 Å². The van der Waals surface area contributed by atoms with Crippen molar-refractivity contribution in [1.82, 2.24) is 15.2 Å². The fourth-order valence-electron chi connectivity index (χ4n) is 2.69. The van der Waals surface area contributed by atoms with E-state index in [2.05, 4.69) is 17.2 Å². The van der Waals surface area contributed by atoms with Crippen molar-refractivity contribution in [2.24, 2.45) is 0 Å². The van der Waals surface area contributed by atoms with Gasteiger partial charge in [0.1, 0.15) is 10.9 Å². The standard InChI is InChI=1S/C18H18ClN3OS/c1-3-4-8-22-17(23)14(20-18(22)24)10-13-9-12-7-5-6-11(2)15(12)21-16(13)19/h5-7,9-10H,3-4,8H2,1-2H3,(H,20,24). The van der Waals surface area contributed by atoms with Crippen molar-refractivity contribution in [3.63, 3.8) is 0 Å². The molecule has 3 rings (SSSR count). The van der Waals surface area contributed by atoms with Crippen LogP contribution in [-0.4, -0.2) is 27.4 Å². The highest BCUT2D eigenvalue weighted by Gasteiger charge is 2.30. The van der Waals surface area contributed by atoms with Crippen molar-refractivity contribution in [2.45, 2.75) is 26.7 Å². The molecule has 124 valence electrons. The van der Waals surface area contributed by atoms with E-state index < -0.39 is 0 Å². The number of pyridine rings is 1. The Labute approximate surface area is 151 Å². The Morgan fingerprint density at radius 2 is 2.21 bits per heavy atom. The fraction of sp³-hybridized carbons (Fsp3) is 0.278. The van der Waals surface area contributed by atoms with Crippen LogP contribution in [0.25, 0.3) is 17.0 Å². The van der Waals surface area contributed by atoms with Gasteiger partial charge in [0.2, 0.25) is 0 Å². The summed E-state index contributed by atoms with van der Waals surface area (Å²) in [6.07, 6.45) is 3.64. The summed E-state index contributed by atoms with van der Waals surface area (Å²) in [6.45, 7) is 4.70. The van der Waals surface area contributed by atoms with Crippen molar-refractivity contribution in [2.75, 3.05) is 6.54 Å². The Morgan fingerprint density at radius 1 is 1.42 bits per heavy atom. The molecule has 6 heteroatoms. The van der Waals surface area contributed by atoms with Gasteiger partial charge in [0, 0.05) is 17.5 Å². The third-order valence-corrected chi connectivity index (χ3v) is 4.65. The first kappa shape index (κ1) is 16.9. The molecule has 0 unspecified atom stereocenters. The molecule has 1 aliphatic heterocycles. The minimum Gasteiger partial charge on any atom is -0.328 e. The maximum Gasteiger partial charge on any atom is 0.276 e. The van der Waals surface area contributed by atoms with Gasteiger partial charge < -0.3 is 5.32 Å². The molecule has 0 saturated carbocycles. The molecule has 2 heterocycles. The summed E-state index contributed by atoms with van der Waals surface area (Å²) in [7, 11) is 0. The molecule has 1 fully saturated rings. The molecule has 1 N–H and O–H groups in total. The summed E-state index contributed by atoms with van der Waals surface area (Å²) in [5, 5.41) is 4.79. The molecular weight excluding hydrogens is 342 g/mol. The Morgan fingerprint density at radius 3 is 2.96 bits per heavy atom. The number of amides is 1. The molecule has 0 bridgehead atoms. The number of carbonyl (C=O) groups excluding carboxylic acids is 1. The number of para-hydroxylation sites is 1. The lowest BCUT2D eigenvalue weighted by molar-refractivity contribution is -0.122. The van der Waals surface area contributed by atoms with Crippen molar-refractivity contribution >= 4 is 51.8 Å². The van der Waals surface area contributed by atoms with Crippen LogP contribution in [-0.2, 0) is 4.79 Å². The number of fused-ring (bicyclic) bond motifs is 1. The number of thiocarbonyl (C=S) groups is 1. The summed E-state index contributed by atoms with van der Waals surface area (Å²) >= 11 is 11.6. The van der Waals surface area contributed by atoms with E-state index in [1.165, 1.54) is 0 Å². The molecule has 2 aromatic rings.